The Hall–Kier alpha value is -3.84. The molecule has 0 saturated carbocycles. The second-order valence-electron chi connectivity index (χ2n) is 12.3. The number of nitrogens with one attached hydrogen (secondary N) is 3. The lowest BCUT2D eigenvalue weighted by Crippen LogP contribution is -2.38. The summed E-state index contributed by atoms with van der Waals surface area (Å²) in [7, 11) is -8.25. The Morgan fingerprint density at radius 2 is 1.73 bits per heavy atom. The molecule has 2 aromatic rings. The van der Waals surface area contributed by atoms with E-state index in [1.54, 1.807) is 38.5 Å². The van der Waals surface area contributed by atoms with Gasteiger partial charge in [-0.1, -0.05) is 20.8 Å². The van der Waals surface area contributed by atoms with Crippen LogP contribution in [0.4, 0.5) is 0 Å². The van der Waals surface area contributed by atoms with Crippen molar-refractivity contribution in [2.75, 3.05) is 26.3 Å². The molecule has 1 aliphatic heterocycles. The van der Waals surface area contributed by atoms with Gasteiger partial charge in [0.05, 0.1) is 5.25 Å². The predicted molar refractivity (Wildman–Crippen MR) is 188 cm³/mol. The van der Waals surface area contributed by atoms with Crippen molar-refractivity contribution in [1.82, 2.24) is 15.4 Å². The number of rotatable bonds is 16. The molecule has 2 heterocycles. The standard InChI is InChI=1S/C33H45N3O12S3/c1-9-34-26-13-20(5)50(41,42)33-25(26)14-31(49-33)51(43,44)36-28(38)17-46-29(39)10-11-30(40)48-24(15-35-18(2)3)16-45-27-12-19(4)32(47-23(8)37)22(7)21(27)6/h10-12,14,18,20,24,26,34-35H,9,13,15-17H2,1-8H3,(H,36,38)/b11-10+/t20-,24?,26-/m0/s1. The monoisotopic (exact) mass is 771 g/mol. The van der Waals surface area contributed by atoms with Gasteiger partial charge in [-0.2, -0.15) is 0 Å². The summed E-state index contributed by atoms with van der Waals surface area (Å²) in [5.74, 6) is -2.72. The summed E-state index contributed by atoms with van der Waals surface area (Å²) in [6, 6.07) is 2.62. The van der Waals surface area contributed by atoms with Crippen molar-refractivity contribution < 1.29 is 55.0 Å². The van der Waals surface area contributed by atoms with Gasteiger partial charge in [0.25, 0.3) is 15.9 Å². The van der Waals surface area contributed by atoms with E-state index >= 15 is 0 Å². The number of hydrogen-bond acceptors (Lipinski definition) is 15. The third kappa shape index (κ3) is 11.1. The quantitative estimate of drug-likeness (QED) is 0.127. The average Bonchev–Trinajstić information content (AvgIpc) is 3.51. The van der Waals surface area contributed by atoms with Gasteiger partial charge in [-0.15, -0.1) is 11.3 Å². The molecule has 0 fully saturated rings. The topological polar surface area (TPSA) is 210 Å². The van der Waals surface area contributed by atoms with Crippen LogP contribution in [0.15, 0.2) is 32.7 Å². The first-order valence-electron chi connectivity index (χ1n) is 16.1. The van der Waals surface area contributed by atoms with Crippen LogP contribution in [0.5, 0.6) is 11.5 Å². The number of esters is 3. The van der Waals surface area contributed by atoms with E-state index in [9.17, 15) is 36.0 Å². The van der Waals surface area contributed by atoms with Gasteiger partial charge in [-0.25, -0.2) is 31.1 Å². The fourth-order valence-electron chi connectivity index (χ4n) is 5.08. The highest BCUT2D eigenvalue weighted by Crippen LogP contribution is 2.42. The molecule has 1 aromatic heterocycles. The van der Waals surface area contributed by atoms with Crippen LogP contribution in [-0.2, 0) is 48.5 Å². The SMILES string of the molecule is CCN[C@H]1C[C@H](C)S(=O)(=O)c2sc(S(=O)(=O)NC(=O)COC(=O)/C=C/C(=O)OC(CNC(C)C)COc3cc(C)c(OC(C)=O)c(C)c3C)cc21. The molecule has 3 rings (SSSR count). The van der Waals surface area contributed by atoms with E-state index in [0.29, 0.717) is 40.5 Å². The van der Waals surface area contributed by atoms with Crippen LogP contribution in [0.1, 0.15) is 69.3 Å². The molecule has 3 N–H and O–H groups in total. The van der Waals surface area contributed by atoms with Gasteiger partial charge in [0.15, 0.2) is 16.4 Å². The van der Waals surface area contributed by atoms with E-state index in [1.807, 2.05) is 20.8 Å². The van der Waals surface area contributed by atoms with E-state index in [-0.39, 0.29) is 40.1 Å². The predicted octanol–water partition coefficient (Wildman–Crippen LogP) is 2.71. The number of carbonyl (C=O) groups excluding carboxylic acids is 4. The number of aryl methyl sites for hydroxylation is 1. The van der Waals surface area contributed by atoms with Crippen molar-refractivity contribution in [2.45, 2.75) is 93.7 Å². The van der Waals surface area contributed by atoms with Crippen LogP contribution in [-0.4, -0.2) is 84.3 Å². The van der Waals surface area contributed by atoms with Crippen molar-refractivity contribution in [1.29, 1.82) is 0 Å². The summed E-state index contributed by atoms with van der Waals surface area (Å²) >= 11 is 0.545. The maximum atomic E-state index is 12.9. The minimum atomic E-state index is -4.49. The molecule has 51 heavy (non-hydrogen) atoms. The zero-order valence-corrected chi connectivity index (χ0v) is 32.2. The van der Waals surface area contributed by atoms with E-state index in [0.717, 1.165) is 23.3 Å². The Bertz CT molecular complexity index is 1880. The Morgan fingerprint density at radius 1 is 1.06 bits per heavy atom. The lowest BCUT2D eigenvalue weighted by Gasteiger charge is -2.27. The molecule has 1 aliphatic rings. The number of fused-ring (bicyclic) bond motifs is 1. The first-order valence-corrected chi connectivity index (χ1v) is 20.0. The molecule has 0 radical (unpaired) electrons. The van der Waals surface area contributed by atoms with Crippen LogP contribution in [0.2, 0.25) is 0 Å². The molecular weight excluding hydrogens is 727 g/mol. The van der Waals surface area contributed by atoms with Crippen molar-refractivity contribution in [3.63, 3.8) is 0 Å². The lowest BCUT2D eigenvalue weighted by molar-refractivity contribution is -0.146. The fourth-order valence-corrected chi connectivity index (χ4v) is 10.1. The zero-order chi connectivity index (χ0) is 38.3. The molecule has 3 atom stereocenters. The third-order valence-corrected chi connectivity index (χ3v) is 13.5. The molecule has 282 valence electrons. The molecule has 15 nitrogen and oxygen atoms in total. The number of amides is 1. The second kappa shape index (κ2) is 17.6. The smallest absolute Gasteiger partial charge is 0.331 e. The van der Waals surface area contributed by atoms with E-state index in [1.165, 1.54) is 13.0 Å². The average molecular weight is 772 g/mol. The number of ether oxygens (including phenoxy) is 4. The van der Waals surface area contributed by atoms with Crippen LogP contribution >= 0.6 is 11.3 Å². The summed E-state index contributed by atoms with van der Waals surface area (Å²) in [4.78, 5) is 48.7. The van der Waals surface area contributed by atoms with Crippen molar-refractivity contribution in [3.8, 4) is 11.5 Å². The van der Waals surface area contributed by atoms with Crippen LogP contribution in [0, 0.1) is 20.8 Å². The Kier molecular flexibility index (Phi) is 14.3. The van der Waals surface area contributed by atoms with Gasteiger partial charge in [0.1, 0.15) is 32.6 Å². The van der Waals surface area contributed by atoms with Crippen molar-refractivity contribution >= 4 is 55.0 Å². The van der Waals surface area contributed by atoms with Crippen molar-refractivity contribution in [3.05, 3.63) is 46.5 Å². The summed E-state index contributed by atoms with van der Waals surface area (Å²) in [6.45, 7) is 13.6. The maximum Gasteiger partial charge on any atom is 0.331 e. The van der Waals surface area contributed by atoms with Crippen LogP contribution in [0.25, 0.3) is 0 Å². The number of carbonyl (C=O) groups is 4. The third-order valence-electron chi connectivity index (χ3n) is 7.78. The highest BCUT2D eigenvalue weighted by Gasteiger charge is 2.39. The molecule has 1 amide bonds. The zero-order valence-electron chi connectivity index (χ0n) is 29.8. The number of benzene rings is 1. The van der Waals surface area contributed by atoms with E-state index in [4.69, 9.17) is 18.9 Å². The Balaban J connectivity index is 1.59. The summed E-state index contributed by atoms with van der Waals surface area (Å²) in [5, 5.41) is 5.58. The Labute approximate surface area is 302 Å². The maximum absolute atomic E-state index is 12.9. The van der Waals surface area contributed by atoms with Gasteiger partial charge >= 0.3 is 17.9 Å². The van der Waals surface area contributed by atoms with Gasteiger partial charge < -0.3 is 29.6 Å². The molecular formula is C33H45N3O12S3. The fraction of sp³-hybridized carbons (Fsp3) is 0.515. The summed E-state index contributed by atoms with van der Waals surface area (Å²) in [5.41, 5.74) is 2.45. The summed E-state index contributed by atoms with van der Waals surface area (Å²) < 4.78 is 74.5. The molecule has 0 saturated heterocycles. The molecule has 18 heteroatoms. The molecule has 1 aromatic carbocycles. The van der Waals surface area contributed by atoms with Gasteiger partial charge in [0, 0.05) is 43.3 Å². The summed E-state index contributed by atoms with van der Waals surface area (Å²) in [6.07, 6.45) is 0.993. The molecule has 0 aliphatic carbocycles. The molecule has 0 spiro atoms. The van der Waals surface area contributed by atoms with Crippen LogP contribution < -0.4 is 24.8 Å². The number of hydrogen-bond donors (Lipinski definition) is 3. The minimum absolute atomic E-state index is 0.0536. The second-order valence-corrected chi connectivity index (χ2v) is 17.8. The van der Waals surface area contributed by atoms with E-state index in [2.05, 4.69) is 10.6 Å². The van der Waals surface area contributed by atoms with Gasteiger partial charge in [0.2, 0.25) is 0 Å². The lowest BCUT2D eigenvalue weighted by atomic mass is 10.0. The van der Waals surface area contributed by atoms with Crippen molar-refractivity contribution in [2.24, 2.45) is 0 Å². The largest absolute Gasteiger partial charge is 0.489 e. The molecule has 1 unspecified atom stereocenters. The first kappa shape index (κ1) is 41.6. The normalized spacial score (nSPS) is 17.4. The highest BCUT2D eigenvalue weighted by atomic mass is 32.3. The minimum Gasteiger partial charge on any atom is -0.489 e. The number of thiophene rings is 1. The highest BCUT2D eigenvalue weighted by molar-refractivity contribution is 7.95. The van der Waals surface area contributed by atoms with E-state index < -0.39 is 61.6 Å². The molecule has 0 bridgehead atoms. The van der Waals surface area contributed by atoms with Gasteiger partial charge in [-0.05, 0) is 69.5 Å². The Morgan fingerprint density at radius 3 is 2.35 bits per heavy atom. The van der Waals surface area contributed by atoms with Crippen LogP contribution in [0.3, 0.4) is 0 Å². The number of sulfone groups is 1. The first-order chi connectivity index (χ1) is 23.8. The van der Waals surface area contributed by atoms with Gasteiger partial charge in [-0.3, -0.25) is 9.59 Å². The number of sulfonamides is 1.